The molecule has 2 aromatic rings. The summed E-state index contributed by atoms with van der Waals surface area (Å²) in [7, 11) is 0. The zero-order valence-electron chi connectivity index (χ0n) is 12.1. The largest absolute Gasteiger partial charge is 0.507 e. The average Bonchev–Trinajstić information content (AvgIpc) is 2.44. The molecule has 21 heavy (non-hydrogen) atoms. The molecule has 0 bridgehead atoms. The summed E-state index contributed by atoms with van der Waals surface area (Å²) >= 11 is 5.66. The van der Waals surface area contributed by atoms with Crippen molar-refractivity contribution in [1.82, 2.24) is 10.2 Å². The van der Waals surface area contributed by atoms with Crippen LogP contribution in [0.15, 0.2) is 29.4 Å². The lowest BCUT2D eigenvalue weighted by Crippen LogP contribution is -1.98. The number of aromatic hydroxyl groups is 1. The van der Waals surface area contributed by atoms with Crippen LogP contribution in [-0.2, 0) is 0 Å². The van der Waals surface area contributed by atoms with Gasteiger partial charge in [0.15, 0.2) is 11.0 Å². The van der Waals surface area contributed by atoms with E-state index in [2.05, 4.69) is 20.7 Å². The fraction of sp³-hybridized carbons (Fsp3) is 0.267. The smallest absolute Gasteiger partial charge is 0.168 e. The lowest BCUT2D eigenvalue weighted by atomic mass is 9.96. The Morgan fingerprint density at radius 1 is 1.24 bits per heavy atom. The van der Waals surface area contributed by atoms with Crippen molar-refractivity contribution < 1.29 is 5.11 Å². The maximum Gasteiger partial charge on any atom is 0.168 e. The number of nitrogens with one attached hydrogen (secondary N) is 1. The molecule has 110 valence electrons. The van der Waals surface area contributed by atoms with E-state index in [9.17, 15) is 5.11 Å². The van der Waals surface area contributed by atoms with Gasteiger partial charge in [-0.25, -0.2) is 0 Å². The molecule has 0 aliphatic rings. The van der Waals surface area contributed by atoms with Crippen LogP contribution in [0.3, 0.4) is 0 Å². The zero-order valence-corrected chi connectivity index (χ0v) is 12.9. The number of phenols is 1. The molecule has 0 saturated carbocycles. The summed E-state index contributed by atoms with van der Waals surface area (Å²) in [4.78, 5) is 0. The van der Waals surface area contributed by atoms with Crippen LogP contribution in [0.4, 0.5) is 5.82 Å². The van der Waals surface area contributed by atoms with Gasteiger partial charge in [-0.1, -0.05) is 37.6 Å². The van der Waals surface area contributed by atoms with Crippen molar-refractivity contribution in [2.24, 2.45) is 5.10 Å². The minimum absolute atomic E-state index is 0.243. The number of benzene rings is 1. The van der Waals surface area contributed by atoms with Crippen molar-refractivity contribution in [3.8, 4) is 5.75 Å². The van der Waals surface area contributed by atoms with E-state index >= 15 is 0 Å². The Morgan fingerprint density at radius 2 is 2.00 bits per heavy atom. The molecule has 0 saturated heterocycles. The summed E-state index contributed by atoms with van der Waals surface area (Å²) in [6.07, 6.45) is 1.58. The average molecular weight is 305 g/mol. The third-order valence-corrected chi connectivity index (χ3v) is 3.29. The normalized spacial score (nSPS) is 11.3. The van der Waals surface area contributed by atoms with E-state index in [1.165, 1.54) is 0 Å². The highest BCUT2D eigenvalue weighted by Crippen LogP contribution is 2.30. The molecule has 1 aromatic carbocycles. The number of anilines is 1. The molecule has 1 heterocycles. The molecule has 0 unspecified atom stereocenters. The van der Waals surface area contributed by atoms with Crippen molar-refractivity contribution in [3.63, 3.8) is 0 Å². The predicted octanol–water partition coefficient (Wildman–Crippen LogP) is 3.71. The van der Waals surface area contributed by atoms with Crippen molar-refractivity contribution in [1.29, 1.82) is 0 Å². The van der Waals surface area contributed by atoms with Gasteiger partial charge in [-0.05, 0) is 36.1 Å². The quantitative estimate of drug-likeness (QED) is 0.667. The minimum Gasteiger partial charge on any atom is -0.507 e. The number of aryl methyl sites for hydroxylation is 1. The lowest BCUT2D eigenvalue weighted by molar-refractivity contribution is 0.463. The number of halogens is 1. The number of hydrazone groups is 1. The van der Waals surface area contributed by atoms with Crippen molar-refractivity contribution in [2.75, 3.05) is 5.43 Å². The molecule has 0 aliphatic carbocycles. The third-order valence-electron chi connectivity index (χ3n) is 3.09. The van der Waals surface area contributed by atoms with Crippen LogP contribution < -0.4 is 5.43 Å². The molecule has 2 N–H and O–H groups in total. The number of hydrogen-bond acceptors (Lipinski definition) is 5. The van der Waals surface area contributed by atoms with Gasteiger partial charge < -0.3 is 5.11 Å². The first kappa shape index (κ1) is 15.3. The van der Waals surface area contributed by atoms with E-state index in [1.807, 2.05) is 32.9 Å². The van der Waals surface area contributed by atoms with Crippen molar-refractivity contribution in [2.45, 2.75) is 26.7 Å². The van der Waals surface area contributed by atoms with Gasteiger partial charge in [0.25, 0.3) is 0 Å². The number of aromatic nitrogens is 2. The minimum atomic E-state index is 0.243. The van der Waals surface area contributed by atoms with Gasteiger partial charge in [-0.15, -0.1) is 10.2 Å². The van der Waals surface area contributed by atoms with Crippen LogP contribution in [0.2, 0.25) is 5.15 Å². The Balaban J connectivity index is 2.20. The monoisotopic (exact) mass is 304 g/mol. The Morgan fingerprint density at radius 3 is 2.62 bits per heavy atom. The molecule has 0 amide bonds. The van der Waals surface area contributed by atoms with Crippen LogP contribution >= 0.6 is 11.6 Å². The van der Waals surface area contributed by atoms with Crippen LogP contribution in [0.5, 0.6) is 5.75 Å². The van der Waals surface area contributed by atoms with Crippen molar-refractivity contribution >= 4 is 23.6 Å². The summed E-state index contributed by atoms with van der Waals surface area (Å²) in [6, 6.07) is 7.20. The van der Waals surface area contributed by atoms with E-state index in [0.717, 1.165) is 11.1 Å². The van der Waals surface area contributed by atoms with Gasteiger partial charge in [0.2, 0.25) is 0 Å². The summed E-state index contributed by atoms with van der Waals surface area (Å²) < 4.78 is 0. The zero-order chi connectivity index (χ0) is 15.4. The summed E-state index contributed by atoms with van der Waals surface area (Å²) in [5.74, 6) is 0.985. The highest BCUT2D eigenvalue weighted by atomic mass is 35.5. The lowest BCUT2D eigenvalue weighted by Gasteiger charge is -2.12. The van der Waals surface area contributed by atoms with E-state index in [0.29, 0.717) is 16.5 Å². The summed E-state index contributed by atoms with van der Waals surface area (Å²) in [6.45, 7) is 5.99. The van der Waals surface area contributed by atoms with Crippen LogP contribution in [0.25, 0.3) is 0 Å². The molecule has 6 heteroatoms. The first-order valence-corrected chi connectivity index (χ1v) is 6.97. The molecule has 0 atom stereocenters. The number of nitrogens with zero attached hydrogens (tertiary/aromatic N) is 3. The Labute approximate surface area is 128 Å². The molecular formula is C15H17ClN4O. The molecule has 1 aromatic heterocycles. The molecule has 5 nitrogen and oxygen atoms in total. The van der Waals surface area contributed by atoms with E-state index in [-0.39, 0.29) is 11.7 Å². The molecule has 0 aliphatic heterocycles. The Kier molecular flexibility index (Phi) is 4.75. The molecule has 0 spiro atoms. The van der Waals surface area contributed by atoms with Crippen LogP contribution in [0.1, 0.15) is 36.5 Å². The van der Waals surface area contributed by atoms with Gasteiger partial charge in [0.05, 0.1) is 6.21 Å². The maximum absolute atomic E-state index is 10.3. The molecule has 0 fully saturated rings. The van der Waals surface area contributed by atoms with E-state index in [1.54, 1.807) is 18.3 Å². The topological polar surface area (TPSA) is 70.4 Å². The first-order valence-electron chi connectivity index (χ1n) is 6.60. The van der Waals surface area contributed by atoms with Gasteiger partial charge >= 0.3 is 0 Å². The second-order valence-electron chi connectivity index (χ2n) is 5.00. The third kappa shape index (κ3) is 3.70. The fourth-order valence-corrected chi connectivity index (χ4v) is 1.99. The highest BCUT2D eigenvalue weighted by molar-refractivity contribution is 6.29. The SMILES string of the molecule is Cc1ccc(C(C)C)c(O)c1/C=N/Nc1ccc(Cl)nn1. The van der Waals surface area contributed by atoms with Gasteiger partial charge in [0, 0.05) is 5.56 Å². The summed E-state index contributed by atoms with van der Waals surface area (Å²) in [5.41, 5.74) is 5.29. The first-order chi connectivity index (χ1) is 9.99. The molecule has 0 radical (unpaired) electrons. The highest BCUT2D eigenvalue weighted by Gasteiger charge is 2.11. The summed E-state index contributed by atoms with van der Waals surface area (Å²) in [5, 5.41) is 22.3. The second kappa shape index (κ2) is 6.54. The molecular weight excluding hydrogens is 288 g/mol. The van der Waals surface area contributed by atoms with E-state index < -0.39 is 0 Å². The van der Waals surface area contributed by atoms with E-state index in [4.69, 9.17) is 11.6 Å². The number of rotatable bonds is 4. The van der Waals surface area contributed by atoms with Crippen LogP contribution in [-0.4, -0.2) is 21.5 Å². The number of phenolic OH excluding ortho intramolecular Hbond substituents is 1. The maximum atomic E-state index is 10.3. The van der Waals surface area contributed by atoms with Gasteiger partial charge in [0.1, 0.15) is 5.75 Å². The van der Waals surface area contributed by atoms with Gasteiger partial charge in [-0.2, -0.15) is 5.10 Å². The Hall–Kier alpha value is -2.14. The Bertz CT molecular complexity index is 653. The van der Waals surface area contributed by atoms with Gasteiger partial charge in [-0.3, -0.25) is 5.43 Å². The number of hydrogen-bond donors (Lipinski definition) is 2. The van der Waals surface area contributed by atoms with Crippen LogP contribution in [0, 0.1) is 6.92 Å². The van der Waals surface area contributed by atoms with Crippen molar-refractivity contribution in [3.05, 3.63) is 46.1 Å². The predicted molar refractivity (Wildman–Crippen MR) is 85.2 cm³/mol. The fourth-order valence-electron chi connectivity index (χ4n) is 1.89. The second-order valence-corrected chi connectivity index (χ2v) is 5.39. The molecule has 2 rings (SSSR count). The standard InChI is InChI=1S/C15H17ClN4O/c1-9(2)11-5-4-10(3)12(15(11)21)8-17-19-14-7-6-13(16)18-20-14/h4-9,21H,1-3H3,(H,19,20)/b17-8+.